The minimum Gasteiger partial charge on any atom is -0.465 e. The van der Waals surface area contributed by atoms with E-state index in [1.807, 2.05) is 26.0 Å². The molecule has 0 aliphatic heterocycles. The fourth-order valence-corrected chi connectivity index (χ4v) is 2.86. The molecule has 8 nitrogen and oxygen atoms in total. The van der Waals surface area contributed by atoms with E-state index in [2.05, 4.69) is 33.7 Å². The van der Waals surface area contributed by atoms with Crippen LogP contribution in [0.1, 0.15) is 40.0 Å². The number of tetrazole rings is 1. The Labute approximate surface area is 168 Å². The minimum absolute atomic E-state index is 0.0567. The monoisotopic (exact) mass is 393 g/mol. The van der Waals surface area contributed by atoms with Gasteiger partial charge in [0.15, 0.2) is 0 Å². The van der Waals surface area contributed by atoms with Crippen LogP contribution in [0.2, 0.25) is 0 Å². The molecule has 0 aliphatic carbocycles. The Morgan fingerprint density at radius 1 is 1.14 bits per heavy atom. The molecule has 150 valence electrons. The third-order valence-corrected chi connectivity index (χ3v) is 4.69. The molecule has 0 spiro atoms. The van der Waals surface area contributed by atoms with Gasteiger partial charge in [-0.25, -0.2) is 4.79 Å². The molecule has 0 fully saturated rings. The van der Waals surface area contributed by atoms with Crippen molar-refractivity contribution in [3.8, 4) is 11.4 Å². The van der Waals surface area contributed by atoms with Crippen molar-refractivity contribution in [1.29, 1.82) is 0 Å². The second-order valence-corrected chi connectivity index (χ2v) is 6.85. The first kappa shape index (κ1) is 20.2. The Morgan fingerprint density at radius 3 is 2.66 bits per heavy atom. The van der Waals surface area contributed by atoms with E-state index in [1.165, 1.54) is 23.0 Å². The van der Waals surface area contributed by atoms with Gasteiger partial charge in [-0.05, 0) is 54.8 Å². The van der Waals surface area contributed by atoms with Crippen LogP contribution < -0.4 is 5.32 Å². The van der Waals surface area contributed by atoms with Gasteiger partial charge in [0.05, 0.1) is 18.7 Å². The number of aromatic nitrogens is 4. The summed E-state index contributed by atoms with van der Waals surface area (Å²) in [5.41, 5.74) is 4.43. The van der Waals surface area contributed by atoms with Gasteiger partial charge in [-0.1, -0.05) is 30.3 Å². The van der Waals surface area contributed by atoms with Crippen LogP contribution in [0.5, 0.6) is 0 Å². The van der Waals surface area contributed by atoms with Crippen molar-refractivity contribution in [1.82, 2.24) is 25.5 Å². The molecular weight excluding hydrogens is 370 g/mol. The average molecular weight is 393 g/mol. The molecule has 0 unspecified atom stereocenters. The van der Waals surface area contributed by atoms with Crippen LogP contribution in [-0.2, 0) is 16.1 Å². The van der Waals surface area contributed by atoms with Crippen molar-refractivity contribution in [2.45, 2.75) is 33.4 Å². The topological polar surface area (TPSA) is 99.0 Å². The Hall–Kier alpha value is -3.55. The lowest BCUT2D eigenvalue weighted by Gasteiger charge is -2.15. The van der Waals surface area contributed by atoms with E-state index in [4.69, 9.17) is 4.74 Å². The fraction of sp³-hybridized carbons (Fsp3) is 0.286. The number of methoxy groups -OCH3 is 1. The van der Waals surface area contributed by atoms with E-state index in [0.717, 1.165) is 5.56 Å². The van der Waals surface area contributed by atoms with Crippen molar-refractivity contribution in [2.24, 2.45) is 0 Å². The number of rotatable bonds is 6. The highest BCUT2D eigenvalue weighted by atomic mass is 16.5. The standard InChI is InChI=1S/C21H23N5O3/c1-13-8-9-16(10-14(13)2)15(3)22-19(27)12-26-24-20(23-25-26)17-6-5-7-18(11-17)21(28)29-4/h5-11,15H,12H2,1-4H3,(H,22,27)/t15-/m1/s1. The van der Waals surface area contributed by atoms with Gasteiger partial charge in [-0.3, -0.25) is 4.79 Å². The number of carbonyl (C=O) groups excluding carboxylic acids is 2. The van der Waals surface area contributed by atoms with Crippen molar-refractivity contribution in [2.75, 3.05) is 7.11 Å². The summed E-state index contributed by atoms with van der Waals surface area (Å²) in [6.07, 6.45) is 0. The van der Waals surface area contributed by atoms with E-state index in [9.17, 15) is 9.59 Å². The molecule has 0 saturated carbocycles. The van der Waals surface area contributed by atoms with Crippen LogP contribution in [0.4, 0.5) is 0 Å². The van der Waals surface area contributed by atoms with Crippen LogP contribution in [0.25, 0.3) is 11.4 Å². The molecule has 3 rings (SSSR count). The summed E-state index contributed by atoms with van der Waals surface area (Å²) in [5, 5.41) is 15.1. The first-order valence-corrected chi connectivity index (χ1v) is 9.20. The molecule has 1 amide bonds. The number of hydrogen-bond donors (Lipinski definition) is 1. The molecule has 0 aliphatic rings. The zero-order valence-electron chi connectivity index (χ0n) is 16.8. The van der Waals surface area contributed by atoms with E-state index in [1.54, 1.807) is 24.3 Å². The predicted molar refractivity (Wildman–Crippen MR) is 107 cm³/mol. The number of nitrogens with one attached hydrogen (secondary N) is 1. The number of benzene rings is 2. The van der Waals surface area contributed by atoms with Gasteiger partial charge < -0.3 is 10.1 Å². The number of nitrogens with zero attached hydrogens (tertiary/aromatic N) is 4. The lowest BCUT2D eigenvalue weighted by atomic mass is 10.0. The summed E-state index contributed by atoms with van der Waals surface area (Å²) in [4.78, 5) is 25.3. The highest BCUT2D eigenvalue weighted by Gasteiger charge is 2.14. The van der Waals surface area contributed by atoms with Crippen LogP contribution in [0, 0.1) is 13.8 Å². The molecule has 8 heteroatoms. The normalized spacial score (nSPS) is 11.7. The van der Waals surface area contributed by atoms with E-state index < -0.39 is 5.97 Å². The number of amides is 1. The molecule has 0 radical (unpaired) electrons. The lowest BCUT2D eigenvalue weighted by Crippen LogP contribution is -2.30. The molecule has 1 heterocycles. The second kappa shape index (κ2) is 8.64. The predicted octanol–water partition coefficient (Wildman–Crippen LogP) is 2.62. The molecule has 0 saturated heterocycles. The maximum absolute atomic E-state index is 12.4. The van der Waals surface area contributed by atoms with Crippen LogP contribution in [-0.4, -0.2) is 39.2 Å². The number of ether oxygens (including phenoxy) is 1. The van der Waals surface area contributed by atoms with Gasteiger partial charge in [-0.15, -0.1) is 10.2 Å². The van der Waals surface area contributed by atoms with E-state index in [0.29, 0.717) is 17.0 Å². The molecule has 0 bridgehead atoms. The van der Waals surface area contributed by atoms with Crippen LogP contribution in [0.3, 0.4) is 0 Å². The van der Waals surface area contributed by atoms with Gasteiger partial charge >= 0.3 is 5.97 Å². The van der Waals surface area contributed by atoms with Gasteiger partial charge in [-0.2, -0.15) is 4.80 Å². The fourth-order valence-electron chi connectivity index (χ4n) is 2.86. The molecule has 1 atom stereocenters. The zero-order chi connectivity index (χ0) is 21.0. The minimum atomic E-state index is -0.445. The first-order valence-electron chi connectivity index (χ1n) is 9.20. The lowest BCUT2D eigenvalue weighted by molar-refractivity contribution is -0.122. The van der Waals surface area contributed by atoms with Crippen molar-refractivity contribution in [3.05, 3.63) is 64.7 Å². The smallest absolute Gasteiger partial charge is 0.337 e. The molecule has 1 N–H and O–H groups in total. The third-order valence-electron chi connectivity index (χ3n) is 4.69. The third kappa shape index (κ3) is 4.84. The van der Waals surface area contributed by atoms with Gasteiger partial charge in [0.2, 0.25) is 11.7 Å². The summed E-state index contributed by atoms with van der Waals surface area (Å²) in [5.74, 6) is -0.340. The number of carbonyl (C=O) groups is 2. The SMILES string of the molecule is COC(=O)c1cccc(-c2nnn(CC(=O)N[C@H](C)c3ccc(C)c(C)c3)n2)c1. The molecule has 1 aromatic heterocycles. The maximum Gasteiger partial charge on any atom is 0.337 e. The Bertz CT molecular complexity index is 1040. The summed E-state index contributed by atoms with van der Waals surface area (Å²) in [6.45, 7) is 5.97. The van der Waals surface area contributed by atoms with Crippen molar-refractivity contribution in [3.63, 3.8) is 0 Å². The number of esters is 1. The quantitative estimate of drug-likeness (QED) is 0.647. The molecular formula is C21H23N5O3. The van der Waals surface area contributed by atoms with Gasteiger partial charge in [0.25, 0.3) is 0 Å². The van der Waals surface area contributed by atoms with Crippen LogP contribution in [0.15, 0.2) is 42.5 Å². The highest BCUT2D eigenvalue weighted by Crippen LogP contribution is 2.17. The Morgan fingerprint density at radius 2 is 1.93 bits per heavy atom. The van der Waals surface area contributed by atoms with E-state index in [-0.39, 0.29) is 18.5 Å². The van der Waals surface area contributed by atoms with Crippen molar-refractivity contribution < 1.29 is 14.3 Å². The number of hydrogen-bond acceptors (Lipinski definition) is 6. The van der Waals surface area contributed by atoms with Gasteiger partial charge in [0.1, 0.15) is 6.54 Å². The van der Waals surface area contributed by atoms with Crippen LogP contribution >= 0.6 is 0 Å². The number of aryl methyl sites for hydroxylation is 2. The largest absolute Gasteiger partial charge is 0.465 e. The average Bonchev–Trinajstić information content (AvgIpc) is 3.17. The Kier molecular flexibility index (Phi) is 6.01. The second-order valence-electron chi connectivity index (χ2n) is 6.85. The van der Waals surface area contributed by atoms with Gasteiger partial charge in [0, 0.05) is 5.56 Å². The Balaban J connectivity index is 1.66. The zero-order valence-corrected chi connectivity index (χ0v) is 16.8. The summed E-state index contributed by atoms with van der Waals surface area (Å²) in [6, 6.07) is 12.7. The summed E-state index contributed by atoms with van der Waals surface area (Å²) >= 11 is 0. The van der Waals surface area contributed by atoms with E-state index >= 15 is 0 Å². The molecule has 2 aromatic carbocycles. The molecule has 29 heavy (non-hydrogen) atoms. The summed E-state index contributed by atoms with van der Waals surface area (Å²) in [7, 11) is 1.32. The summed E-state index contributed by atoms with van der Waals surface area (Å²) < 4.78 is 4.72. The first-order chi connectivity index (χ1) is 13.9. The molecule has 3 aromatic rings. The maximum atomic E-state index is 12.4. The van der Waals surface area contributed by atoms with Crippen molar-refractivity contribution >= 4 is 11.9 Å². The highest BCUT2D eigenvalue weighted by molar-refractivity contribution is 5.90.